The van der Waals surface area contributed by atoms with Crippen LogP contribution in [0.5, 0.6) is 0 Å². The molecule has 1 aromatic carbocycles. The number of carboxylic acids is 1. The van der Waals surface area contributed by atoms with E-state index in [0.29, 0.717) is 12.8 Å². The van der Waals surface area contributed by atoms with Crippen molar-refractivity contribution in [2.45, 2.75) is 51.7 Å². The van der Waals surface area contributed by atoms with Crippen LogP contribution >= 0.6 is 0 Å². The molecule has 0 bridgehead atoms. The SMILES string of the molecule is CC(C)(C)OC(=O)NC(CCC(=O)O)Cc1c[nH]c2ccccc12. The minimum Gasteiger partial charge on any atom is -0.481 e. The minimum absolute atomic E-state index is 0.0111. The summed E-state index contributed by atoms with van der Waals surface area (Å²) in [5, 5.41) is 12.8. The molecule has 2 rings (SSSR count). The highest BCUT2D eigenvalue weighted by Crippen LogP contribution is 2.20. The van der Waals surface area contributed by atoms with Crippen LogP contribution in [0.1, 0.15) is 39.2 Å². The van der Waals surface area contributed by atoms with Gasteiger partial charge in [0.1, 0.15) is 5.60 Å². The van der Waals surface area contributed by atoms with Gasteiger partial charge in [0.05, 0.1) is 0 Å². The molecule has 1 aromatic heterocycles. The number of fused-ring (bicyclic) bond motifs is 1. The fraction of sp³-hybridized carbons (Fsp3) is 0.444. The van der Waals surface area contributed by atoms with Crippen molar-refractivity contribution in [2.75, 3.05) is 0 Å². The Labute approximate surface area is 141 Å². The van der Waals surface area contributed by atoms with E-state index < -0.39 is 17.7 Å². The van der Waals surface area contributed by atoms with Crippen LogP contribution in [-0.4, -0.2) is 33.8 Å². The van der Waals surface area contributed by atoms with Crippen molar-refractivity contribution >= 4 is 23.0 Å². The van der Waals surface area contributed by atoms with Crippen LogP contribution in [0.3, 0.4) is 0 Å². The van der Waals surface area contributed by atoms with E-state index >= 15 is 0 Å². The summed E-state index contributed by atoms with van der Waals surface area (Å²) >= 11 is 0. The highest BCUT2D eigenvalue weighted by Gasteiger charge is 2.21. The lowest BCUT2D eigenvalue weighted by Gasteiger charge is -2.23. The third-order valence-electron chi connectivity index (χ3n) is 3.57. The molecule has 0 aliphatic carbocycles. The Morgan fingerprint density at radius 2 is 2.00 bits per heavy atom. The number of aliphatic carboxylic acids is 1. The second-order valence-electron chi connectivity index (χ2n) is 6.84. The lowest BCUT2D eigenvalue weighted by atomic mass is 10.0. The van der Waals surface area contributed by atoms with E-state index in [9.17, 15) is 9.59 Å². The van der Waals surface area contributed by atoms with Gasteiger partial charge in [-0.25, -0.2) is 4.79 Å². The van der Waals surface area contributed by atoms with E-state index in [0.717, 1.165) is 16.5 Å². The van der Waals surface area contributed by atoms with Gasteiger partial charge in [0.15, 0.2) is 0 Å². The maximum absolute atomic E-state index is 12.0. The summed E-state index contributed by atoms with van der Waals surface area (Å²) in [6.07, 6.45) is 2.24. The summed E-state index contributed by atoms with van der Waals surface area (Å²) in [6, 6.07) is 7.57. The third-order valence-corrected chi connectivity index (χ3v) is 3.57. The number of carboxylic acid groups (broad SMARTS) is 1. The summed E-state index contributed by atoms with van der Waals surface area (Å²) in [7, 11) is 0. The number of aromatic amines is 1. The van der Waals surface area contributed by atoms with Gasteiger partial charge in [-0.15, -0.1) is 0 Å². The number of hydrogen-bond donors (Lipinski definition) is 3. The average Bonchev–Trinajstić information content (AvgIpc) is 2.86. The molecule has 3 N–H and O–H groups in total. The molecule has 130 valence electrons. The minimum atomic E-state index is -0.884. The van der Waals surface area contributed by atoms with E-state index in [-0.39, 0.29) is 12.5 Å². The number of nitrogens with one attached hydrogen (secondary N) is 2. The average molecular weight is 332 g/mol. The molecule has 0 spiro atoms. The standard InChI is InChI=1S/C18H24N2O4/c1-18(2,3)24-17(23)20-13(8-9-16(21)22)10-12-11-19-15-7-5-4-6-14(12)15/h4-7,11,13,19H,8-10H2,1-3H3,(H,20,23)(H,21,22). The Bertz CT molecular complexity index is 715. The Hall–Kier alpha value is -2.50. The number of aromatic nitrogens is 1. The largest absolute Gasteiger partial charge is 0.481 e. The van der Waals surface area contributed by atoms with Gasteiger partial charge in [0.2, 0.25) is 0 Å². The Morgan fingerprint density at radius 3 is 2.67 bits per heavy atom. The van der Waals surface area contributed by atoms with Crippen LogP contribution in [0, 0.1) is 0 Å². The van der Waals surface area contributed by atoms with Gasteiger partial charge >= 0.3 is 12.1 Å². The van der Waals surface area contributed by atoms with Gasteiger partial charge in [-0.3, -0.25) is 4.79 Å². The van der Waals surface area contributed by atoms with Gasteiger partial charge < -0.3 is 20.1 Å². The number of rotatable bonds is 6. The van der Waals surface area contributed by atoms with E-state index in [1.165, 1.54) is 0 Å². The zero-order chi connectivity index (χ0) is 17.7. The van der Waals surface area contributed by atoms with Gasteiger partial charge in [-0.2, -0.15) is 0 Å². The van der Waals surface area contributed by atoms with Crippen molar-refractivity contribution in [3.63, 3.8) is 0 Å². The summed E-state index contributed by atoms with van der Waals surface area (Å²) in [6.45, 7) is 5.37. The first-order valence-electron chi connectivity index (χ1n) is 8.01. The number of hydrogen-bond acceptors (Lipinski definition) is 3. The fourth-order valence-electron chi connectivity index (χ4n) is 2.56. The lowest BCUT2D eigenvalue weighted by molar-refractivity contribution is -0.137. The van der Waals surface area contributed by atoms with Crippen LogP contribution in [0.2, 0.25) is 0 Å². The van der Waals surface area contributed by atoms with Crippen molar-refractivity contribution in [1.82, 2.24) is 10.3 Å². The number of para-hydroxylation sites is 1. The Balaban J connectivity index is 2.10. The molecule has 2 aromatic rings. The van der Waals surface area contributed by atoms with Gasteiger partial charge in [0.25, 0.3) is 0 Å². The Kier molecular flexibility index (Phi) is 5.49. The number of benzene rings is 1. The summed E-state index contributed by atoms with van der Waals surface area (Å²) in [4.78, 5) is 26.1. The lowest BCUT2D eigenvalue weighted by Crippen LogP contribution is -2.40. The van der Waals surface area contributed by atoms with E-state index in [1.807, 2.05) is 30.5 Å². The summed E-state index contributed by atoms with van der Waals surface area (Å²) in [5.74, 6) is -0.884. The second kappa shape index (κ2) is 7.38. The number of alkyl carbamates (subject to hydrolysis) is 1. The monoisotopic (exact) mass is 332 g/mol. The van der Waals surface area contributed by atoms with E-state index in [1.54, 1.807) is 20.8 Å². The topological polar surface area (TPSA) is 91.4 Å². The van der Waals surface area contributed by atoms with Crippen molar-refractivity contribution in [1.29, 1.82) is 0 Å². The molecule has 0 fully saturated rings. The predicted molar refractivity (Wildman–Crippen MR) is 92.0 cm³/mol. The Morgan fingerprint density at radius 1 is 1.29 bits per heavy atom. The van der Waals surface area contributed by atoms with Crippen molar-refractivity contribution in [3.8, 4) is 0 Å². The van der Waals surface area contributed by atoms with E-state index in [4.69, 9.17) is 9.84 Å². The number of carbonyl (C=O) groups excluding carboxylic acids is 1. The van der Waals surface area contributed by atoms with Crippen LogP contribution in [0.4, 0.5) is 4.79 Å². The highest BCUT2D eigenvalue weighted by atomic mass is 16.6. The molecule has 0 saturated carbocycles. The first kappa shape index (κ1) is 17.8. The van der Waals surface area contributed by atoms with Gasteiger partial charge in [0, 0.05) is 29.6 Å². The molecule has 1 heterocycles. The van der Waals surface area contributed by atoms with Crippen molar-refractivity contribution in [2.24, 2.45) is 0 Å². The molecule has 0 saturated heterocycles. The fourth-order valence-corrected chi connectivity index (χ4v) is 2.56. The number of carbonyl (C=O) groups is 2. The van der Waals surface area contributed by atoms with Crippen LogP contribution < -0.4 is 5.32 Å². The highest BCUT2D eigenvalue weighted by molar-refractivity contribution is 5.83. The molecule has 0 aliphatic rings. The third kappa shape index (κ3) is 5.30. The molecule has 0 aliphatic heterocycles. The van der Waals surface area contributed by atoms with E-state index in [2.05, 4.69) is 10.3 Å². The molecule has 24 heavy (non-hydrogen) atoms. The maximum atomic E-state index is 12.0. The zero-order valence-electron chi connectivity index (χ0n) is 14.3. The second-order valence-corrected chi connectivity index (χ2v) is 6.84. The van der Waals surface area contributed by atoms with Gasteiger partial charge in [-0.05, 0) is 45.2 Å². The first-order valence-corrected chi connectivity index (χ1v) is 8.01. The molecule has 1 unspecified atom stereocenters. The van der Waals surface area contributed by atoms with Crippen molar-refractivity contribution in [3.05, 3.63) is 36.0 Å². The normalized spacial score (nSPS) is 12.8. The summed E-state index contributed by atoms with van der Waals surface area (Å²) < 4.78 is 5.28. The number of ether oxygens (including phenoxy) is 1. The van der Waals surface area contributed by atoms with Crippen LogP contribution in [0.15, 0.2) is 30.5 Å². The van der Waals surface area contributed by atoms with Crippen LogP contribution in [0.25, 0.3) is 10.9 Å². The number of amides is 1. The predicted octanol–water partition coefficient (Wildman–Crippen LogP) is 3.47. The molecular weight excluding hydrogens is 308 g/mol. The molecule has 6 nitrogen and oxygen atoms in total. The molecule has 0 radical (unpaired) electrons. The molecule has 1 amide bonds. The molecule has 6 heteroatoms. The smallest absolute Gasteiger partial charge is 0.407 e. The van der Waals surface area contributed by atoms with Crippen molar-refractivity contribution < 1.29 is 19.4 Å². The first-order chi connectivity index (χ1) is 11.2. The quantitative estimate of drug-likeness (QED) is 0.755. The van der Waals surface area contributed by atoms with Crippen LogP contribution in [-0.2, 0) is 16.0 Å². The van der Waals surface area contributed by atoms with Gasteiger partial charge in [-0.1, -0.05) is 18.2 Å². The summed E-state index contributed by atoms with van der Waals surface area (Å²) in [5.41, 5.74) is 1.46. The molecular formula is C18H24N2O4. The number of H-pyrrole nitrogens is 1. The maximum Gasteiger partial charge on any atom is 0.407 e. The zero-order valence-corrected chi connectivity index (χ0v) is 14.3. The molecule has 1 atom stereocenters.